The number of carbonyl (C=O) groups excluding carboxylic acids is 1. The summed E-state index contributed by atoms with van der Waals surface area (Å²) in [5, 5.41) is 0.992. The van der Waals surface area contributed by atoms with Gasteiger partial charge in [-0.1, -0.05) is 29.3 Å². The summed E-state index contributed by atoms with van der Waals surface area (Å²) < 4.78 is 26.0. The van der Waals surface area contributed by atoms with E-state index >= 15 is 0 Å². The highest BCUT2D eigenvalue weighted by Crippen LogP contribution is 2.40. The molecule has 2 atom stereocenters. The highest BCUT2D eigenvalue weighted by molar-refractivity contribution is 6.35. The van der Waals surface area contributed by atoms with Crippen LogP contribution < -0.4 is 9.64 Å². The Bertz CT molecular complexity index is 1290. The molecule has 0 unspecified atom stereocenters. The summed E-state index contributed by atoms with van der Waals surface area (Å²) in [5.41, 5.74) is 0.179. The lowest BCUT2D eigenvalue weighted by Gasteiger charge is -2.36. The zero-order valence-electron chi connectivity index (χ0n) is 22.8. The lowest BCUT2D eigenvalue weighted by Crippen LogP contribution is -2.50. The van der Waals surface area contributed by atoms with E-state index in [1.54, 1.807) is 35.8 Å². The molecule has 0 spiro atoms. The third-order valence-electron chi connectivity index (χ3n) is 6.56. The van der Waals surface area contributed by atoms with Crippen molar-refractivity contribution in [1.82, 2.24) is 19.4 Å². The summed E-state index contributed by atoms with van der Waals surface area (Å²) in [6.45, 7) is 9.06. The lowest BCUT2D eigenvalue weighted by atomic mass is 10.1. The molecule has 214 valence electrons. The van der Waals surface area contributed by atoms with Crippen molar-refractivity contribution in [2.45, 2.75) is 44.8 Å². The van der Waals surface area contributed by atoms with Gasteiger partial charge >= 0.3 is 6.09 Å². The Labute approximate surface area is 243 Å². The number of carbonyl (C=O) groups is 1. The number of piperazine rings is 1. The molecule has 0 saturated carbocycles. The fourth-order valence-corrected chi connectivity index (χ4v) is 5.21. The molecule has 2 saturated heterocycles. The van der Waals surface area contributed by atoms with E-state index in [-0.39, 0.29) is 18.8 Å². The first-order valence-electron chi connectivity index (χ1n) is 13.1. The normalized spacial score (nSPS) is 21.5. The second-order valence-corrected chi connectivity index (χ2v) is 11.6. The van der Waals surface area contributed by atoms with E-state index in [9.17, 15) is 4.79 Å². The molecule has 5 rings (SSSR count). The molecule has 0 aliphatic carbocycles. The molecule has 0 bridgehead atoms. The molecule has 3 aromatic rings. The Morgan fingerprint density at radius 1 is 1.15 bits per heavy atom. The highest BCUT2D eigenvalue weighted by atomic mass is 35.5. The number of benzene rings is 1. The summed E-state index contributed by atoms with van der Waals surface area (Å²) in [4.78, 5) is 24.9. The standard InChI is InChI=1S/C28H33Cl2N5O5/c1-27(2,3)40-26(36)35-12-10-34(11-13-35)25-7-5-21(15-32-25)37-16-22-17-38-28(39-22,18-33-9-8-31-19-33)23-6-4-20(29)14-24(23)30/h4-9,14-15,19,22H,10-13,16-18H2,1-3H3/t22-,28-/m1/s1. The van der Waals surface area contributed by atoms with Crippen LogP contribution in [0.5, 0.6) is 5.75 Å². The molecular weight excluding hydrogens is 557 g/mol. The molecule has 4 heterocycles. The van der Waals surface area contributed by atoms with E-state index in [4.69, 9.17) is 42.1 Å². The van der Waals surface area contributed by atoms with Crippen molar-refractivity contribution in [1.29, 1.82) is 0 Å². The molecule has 10 nitrogen and oxygen atoms in total. The molecule has 1 amide bonds. The summed E-state index contributed by atoms with van der Waals surface area (Å²) in [7, 11) is 0. The summed E-state index contributed by atoms with van der Waals surface area (Å²) in [5.74, 6) is 0.338. The SMILES string of the molecule is CC(C)(C)OC(=O)N1CCN(c2ccc(OC[C@@H]3CO[C@@](Cn4ccnc4)(c4ccc(Cl)cc4Cl)O3)cn2)CC1. The third-order valence-corrected chi connectivity index (χ3v) is 7.11. The number of halogens is 2. The van der Waals surface area contributed by atoms with Gasteiger partial charge in [-0.3, -0.25) is 0 Å². The average molecular weight is 591 g/mol. The largest absolute Gasteiger partial charge is 0.489 e. The van der Waals surface area contributed by atoms with Gasteiger partial charge in [0.2, 0.25) is 5.79 Å². The minimum absolute atomic E-state index is 0.270. The van der Waals surface area contributed by atoms with Crippen LogP contribution in [0.1, 0.15) is 26.3 Å². The van der Waals surface area contributed by atoms with Crippen molar-refractivity contribution in [3.8, 4) is 5.75 Å². The average Bonchev–Trinajstić information content (AvgIpc) is 3.57. The Hall–Kier alpha value is -3.05. The first kappa shape index (κ1) is 28.5. The van der Waals surface area contributed by atoms with Gasteiger partial charge < -0.3 is 33.3 Å². The van der Waals surface area contributed by atoms with Gasteiger partial charge in [-0.05, 0) is 45.0 Å². The molecule has 2 fully saturated rings. The number of imidazole rings is 1. The van der Waals surface area contributed by atoms with Crippen LogP contribution in [0, 0.1) is 0 Å². The van der Waals surface area contributed by atoms with Crippen molar-refractivity contribution in [2.24, 2.45) is 0 Å². The quantitative estimate of drug-likeness (QED) is 0.380. The number of rotatable bonds is 7. The van der Waals surface area contributed by atoms with E-state index in [1.165, 1.54) is 0 Å². The summed E-state index contributed by atoms with van der Waals surface area (Å²) in [6, 6.07) is 9.06. The van der Waals surface area contributed by atoms with Crippen molar-refractivity contribution in [2.75, 3.05) is 44.3 Å². The molecule has 12 heteroatoms. The van der Waals surface area contributed by atoms with Gasteiger partial charge in [-0.15, -0.1) is 0 Å². The molecular formula is C28H33Cl2N5O5. The third kappa shape index (κ3) is 6.80. The smallest absolute Gasteiger partial charge is 0.410 e. The maximum Gasteiger partial charge on any atom is 0.410 e. The van der Waals surface area contributed by atoms with Gasteiger partial charge in [0, 0.05) is 49.2 Å². The Balaban J connectivity index is 1.17. The van der Waals surface area contributed by atoms with Crippen molar-refractivity contribution in [3.63, 3.8) is 0 Å². The zero-order valence-corrected chi connectivity index (χ0v) is 24.3. The molecule has 0 N–H and O–H groups in total. The minimum Gasteiger partial charge on any atom is -0.489 e. The lowest BCUT2D eigenvalue weighted by molar-refractivity contribution is -0.189. The van der Waals surface area contributed by atoms with Crippen LogP contribution >= 0.6 is 23.2 Å². The number of ether oxygens (including phenoxy) is 4. The Kier molecular flexibility index (Phi) is 8.42. The van der Waals surface area contributed by atoms with Gasteiger partial charge in [-0.2, -0.15) is 0 Å². The van der Waals surface area contributed by atoms with Crippen molar-refractivity contribution in [3.05, 3.63) is 70.9 Å². The van der Waals surface area contributed by atoms with Crippen molar-refractivity contribution >= 4 is 35.1 Å². The molecule has 40 heavy (non-hydrogen) atoms. The second kappa shape index (κ2) is 11.8. The summed E-state index contributed by atoms with van der Waals surface area (Å²) >= 11 is 12.7. The number of hydrogen-bond acceptors (Lipinski definition) is 8. The summed E-state index contributed by atoms with van der Waals surface area (Å²) in [6.07, 6.45) is 6.31. The Morgan fingerprint density at radius 2 is 1.95 bits per heavy atom. The fraction of sp³-hybridized carbons (Fsp3) is 0.464. The van der Waals surface area contributed by atoms with Gasteiger partial charge in [0.25, 0.3) is 0 Å². The van der Waals surface area contributed by atoms with E-state index in [2.05, 4.69) is 14.9 Å². The van der Waals surface area contributed by atoms with Gasteiger partial charge in [0.1, 0.15) is 29.9 Å². The van der Waals surface area contributed by atoms with E-state index in [0.29, 0.717) is 60.7 Å². The van der Waals surface area contributed by atoms with Crippen molar-refractivity contribution < 1.29 is 23.7 Å². The van der Waals surface area contributed by atoms with E-state index < -0.39 is 11.4 Å². The van der Waals surface area contributed by atoms with Gasteiger partial charge in [0.15, 0.2) is 0 Å². The number of aromatic nitrogens is 3. The zero-order chi connectivity index (χ0) is 28.3. The maximum absolute atomic E-state index is 12.3. The van der Waals surface area contributed by atoms with Gasteiger partial charge in [0.05, 0.1) is 30.7 Å². The van der Waals surface area contributed by atoms with Crippen LogP contribution in [0.2, 0.25) is 10.0 Å². The monoisotopic (exact) mass is 589 g/mol. The predicted molar refractivity (Wildman–Crippen MR) is 151 cm³/mol. The minimum atomic E-state index is -1.11. The molecule has 0 radical (unpaired) electrons. The first-order valence-corrected chi connectivity index (χ1v) is 13.9. The second-order valence-electron chi connectivity index (χ2n) is 10.8. The van der Waals surface area contributed by atoms with E-state index in [1.807, 2.05) is 49.7 Å². The highest BCUT2D eigenvalue weighted by Gasteiger charge is 2.45. The molecule has 2 aliphatic rings. The molecule has 1 aromatic carbocycles. The van der Waals surface area contributed by atoms with Gasteiger partial charge in [-0.25, -0.2) is 14.8 Å². The molecule has 2 aliphatic heterocycles. The topological polar surface area (TPSA) is 91.2 Å². The van der Waals surface area contributed by atoms with Crippen LogP contribution in [0.15, 0.2) is 55.2 Å². The number of amides is 1. The number of hydrogen-bond donors (Lipinski definition) is 0. The van der Waals surface area contributed by atoms with Crippen LogP contribution in [-0.2, 0) is 26.5 Å². The van der Waals surface area contributed by atoms with Crippen LogP contribution in [0.25, 0.3) is 0 Å². The van der Waals surface area contributed by atoms with Crippen LogP contribution in [0.3, 0.4) is 0 Å². The number of anilines is 1. The van der Waals surface area contributed by atoms with Crippen LogP contribution in [0.4, 0.5) is 10.6 Å². The Morgan fingerprint density at radius 3 is 2.60 bits per heavy atom. The first-order chi connectivity index (χ1) is 19.1. The van der Waals surface area contributed by atoms with Crippen LogP contribution in [-0.4, -0.2) is 76.6 Å². The fourth-order valence-electron chi connectivity index (χ4n) is 4.65. The molecule has 2 aromatic heterocycles. The predicted octanol–water partition coefficient (Wildman–Crippen LogP) is 4.99. The number of pyridine rings is 1. The number of nitrogens with zero attached hydrogens (tertiary/aromatic N) is 5. The van der Waals surface area contributed by atoms with E-state index in [0.717, 1.165) is 5.82 Å². The maximum atomic E-state index is 12.3.